The van der Waals surface area contributed by atoms with E-state index in [1.54, 1.807) is 85.8 Å². The highest BCUT2D eigenvalue weighted by Crippen LogP contribution is 2.39. The van der Waals surface area contributed by atoms with Crippen LogP contribution in [0.15, 0.2) is 78.9 Å². The van der Waals surface area contributed by atoms with Crippen LogP contribution in [-0.4, -0.2) is 108 Å². The Balaban J connectivity index is 0.000000168. The molecule has 2 unspecified atom stereocenters. The minimum absolute atomic E-state index is 0.145. The van der Waals surface area contributed by atoms with Crippen molar-refractivity contribution in [2.75, 3.05) is 27.3 Å². The molecule has 0 radical (unpaired) electrons. The van der Waals surface area contributed by atoms with E-state index in [4.69, 9.17) is 9.47 Å². The van der Waals surface area contributed by atoms with Crippen molar-refractivity contribution in [2.24, 2.45) is 0 Å². The number of rotatable bonds is 7. The van der Waals surface area contributed by atoms with Gasteiger partial charge in [0, 0.05) is 35.3 Å². The van der Waals surface area contributed by atoms with E-state index in [0.717, 1.165) is 16.7 Å². The van der Waals surface area contributed by atoms with E-state index in [1.165, 1.54) is 24.0 Å². The zero-order valence-corrected chi connectivity index (χ0v) is 39.0. The number of carbonyl (C=O) groups excluding carboxylic acids is 10. The molecular formula is C51H42N10O12. The Bertz CT molecular complexity index is 3350. The molecule has 0 bridgehead atoms. The fourth-order valence-corrected chi connectivity index (χ4v) is 9.82. The van der Waals surface area contributed by atoms with Crippen molar-refractivity contribution < 1.29 is 57.4 Å². The van der Waals surface area contributed by atoms with Crippen molar-refractivity contribution in [2.45, 2.75) is 55.0 Å². The Morgan fingerprint density at radius 2 is 1.00 bits per heavy atom. The van der Waals surface area contributed by atoms with E-state index >= 15 is 0 Å². The largest absolute Gasteiger partial charge is 0.497 e. The second kappa shape index (κ2) is 17.3. The van der Waals surface area contributed by atoms with Crippen LogP contribution in [0.25, 0.3) is 0 Å². The van der Waals surface area contributed by atoms with E-state index < -0.39 is 64.0 Å². The summed E-state index contributed by atoms with van der Waals surface area (Å²) >= 11 is 0. The normalized spacial score (nSPS) is 24.8. The Kier molecular flexibility index (Phi) is 11.1. The highest BCUT2D eigenvalue weighted by atomic mass is 16.5. The quantitative estimate of drug-likeness (QED) is 0.0934. The van der Waals surface area contributed by atoms with Crippen molar-refractivity contribution in [3.63, 3.8) is 0 Å². The highest BCUT2D eigenvalue weighted by molar-refractivity contribution is 6.12. The van der Waals surface area contributed by atoms with Crippen molar-refractivity contribution in [3.8, 4) is 35.2 Å². The lowest BCUT2D eigenvalue weighted by Gasteiger charge is -2.26. The van der Waals surface area contributed by atoms with Gasteiger partial charge in [0.25, 0.3) is 35.4 Å². The van der Waals surface area contributed by atoms with E-state index in [0.29, 0.717) is 57.7 Å². The van der Waals surface area contributed by atoms with Crippen molar-refractivity contribution in [1.82, 2.24) is 52.3 Å². The van der Waals surface area contributed by atoms with Crippen LogP contribution in [0.5, 0.6) is 11.5 Å². The summed E-state index contributed by atoms with van der Waals surface area (Å²) in [6.45, 7) is 1.80. The molecule has 1 aliphatic carbocycles. The molecule has 6 heterocycles. The predicted molar refractivity (Wildman–Crippen MR) is 252 cm³/mol. The topological polar surface area (TPSA) is 292 Å². The number of imide groups is 4. The third-order valence-corrected chi connectivity index (χ3v) is 13.8. The lowest BCUT2D eigenvalue weighted by atomic mass is 9.91. The summed E-state index contributed by atoms with van der Waals surface area (Å²) in [7, 11) is 3.02. The number of nitrogens with zero attached hydrogens (tertiary/aromatic N) is 2. The zero-order chi connectivity index (χ0) is 51.6. The predicted octanol–water partition coefficient (Wildman–Crippen LogP) is 0.597. The van der Waals surface area contributed by atoms with Gasteiger partial charge in [0.15, 0.2) is 0 Å². The molecule has 4 saturated heterocycles. The van der Waals surface area contributed by atoms with Gasteiger partial charge in [-0.05, 0) is 96.1 Å². The molecule has 22 heteroatoms. The van der Waals surface area contributed by atoms with Gasteiger partial charge in [-0.15, -0.1) is 0 Å². The Morgan fingerprint density at radius 3 is 1.47 bits per heavy atom. The van der Waals surface area contributed by atoms with Gasteiger partial charge < -0.3 is 40.5 Å². The SMILES string of the molecule is COc1ccc2c(c1)C(=O)N(C[C@@]1(C#Cc3ccc(C4(C)NC(=O)NC4=O)cc3)NC(=O)NC1=O)C2.COc1ccc2c(c1)C(=O)N(C[C@@]1(C#Cc3ccc4c(c3)CCC43NC(=O)NC3=O)NC(=O)NC1=O)C2. The maximum absolute atomic E-state index is 13.1. The zero-order valence-electron chi connectivity index (χ0n) is 39.0. The van der Waals surface area contributed by atoms with Crippen LogP contribution in [0.3, 0.4) is 0 Å². The average Bonchev–Trinajstić information content (AvgIpc) is 4.22. The summed E-state index contributed by atoms with van der Waals surface area (Å²) in [5.41, 5.74) is 0.110. The molecule has 4 aromatic carbocycles. The van der Waals surface area contributed by atoms with Crippen molar-refractivity contribution in [1.29, 1.82) is 0 Å². The summed E-state index contributed by atoms with van der Waals surface area (Å²) in [4.78, 5) is 127. The maximum Gasteiger partial charge on any atom is 0.323 e. The fraction of sp³-hybridized carbons (Fsp3) is 0.255. The molecule has 73 heavy (non-hydrogen) atoms. The lowest BCUT2D eigenvalue weighted by Crippen LogP contribution is -2.54. The first-order valence-electron chi connectivity index (χ1n) is 22.6. The van der Waals surface area contributed by atoms with Crippen molar-refractivity contribution in [3.05, 3.63) is 129 Å². The van der Waals surface area contributed by atoms with Crippen LogP contribution in [-0.2, 0) is 49.8 Å². The fourth-order valence-electron chi connectivity index (χ4n) is 9.82. The van der Waals surface area contributed by atoms with Crippen molar-refractivity contribution >= 4 is 59.6 Å². The molecular weight excluding hydrogens is 945 g/mol. The van der Waals surface area contributed by atoms with Gasteiger partial charge in [0.1, 0.15) is 22.6 Å². The molecule has 6 aliphatic heterocycles. The van der Waals surface area contributed by atoms with Crippen LogP contribution >= 0.6 is 0 Å². The standard InChI is InChI=1S/C26H21N5O6.C25H21N5O6/c1-37-17-4-3-16-12-31(20(32)18(16)11-17)13-25(21(33)27-23(35)29-25)8-6-14-2-5-19-15(10-14)7-9-26(19)22(34)28-24(36)30-26;1-24(20(32)26-22(34)28-24)16-6-3-14(4-7-16)9-10-25(21(33)27-23(35)29-25)13-30-12-15-5-8-17(36-2)11-18(15)19(30)31/h2-5,10-11H,7,9,12-13H2,1H3,(H2,27,29,33,35)(H2,28,30,34,36);3-8,11H,12-13H2,1-2H3,(H2,26,28,32,34)(H2,27,29,33,35)/t25-,26?;24?,25-/m11/s1. The van der Waals surface area contributed by atoms with E-state index in [9.17, 15) is 47.9 Å². The number of aryl methyl sites for hydroxylation is 1. The first kappa shape index (κ1) is 47.0. The number of nitrogens with one attached hydrogen (secondary N) is 8. The van der Waals surface area contributed by atoms with Gasteiger partial charge in [0.05, 0.1) is 27.3 Å². The number of hydrogen-bond acceptors (Lipinski definition) is 12. The van der Waals surface area contributed by atoms with Gasteiger partial charge in [-0.1, -0.05) is 54.0 Å². The maximum atomic E-state index is 13.1. The molecule has 4 aromatic rings. The van der Waals surface area contributed by atoms with Gasteiger partial charge in [-0.25, -0.2) is 19.2 Å². The van der Waals surface area contributed by atoms with E-state index in [-0.39, 0.29) is 43.9 Å². The van der Waals surface area contributed by atoms with Gasteiger partial charge in [-0.3, -0.25) is 50.0 Å². The number of benzene rings is 4. The van der Waals surface area contributed by atoms with Crippen LogP contribution in [0, 0.1) is 23.7 Å². The Labute approximate surface area is 414 Å². The molecule has 7 aliphatic rings. The van der Waals surface area contributed by atoms with E-state index in [1.807, 2.05) is 0 Å². The first-order chi connectivity index (χ1) is 34.9. The summed E-state index contributed by atoms with van der Waals surface area (Å²) < 4.78 is 10.4. The third kappa shape index (κ3) is 8.09. The number of methoxy groups -OCH3 is 2. The Hall–Kier alpha value is -9.70. The van der Waals surface area contributed by atoms with E-state index in [2.05, 4.69) is 66.2 Å². The molecule has 0 saturated carbocycles. The number of ether oxygens (including phenoxy) is 2. The molecule has 4 atom stereocenters. The summed E-state index contributed by atoms with van der Waals surface area (Å²) in [5, 5.41) is 19.4. The van der Waals surface area contributed by atoms with Crippen LogP contribution < -0.4 is 52.0 Å². The number of urea groups is 4. The third-order valence-electron chi connectivity index (χ3n) is 13.8. The van der Waals surface area contributed by atoms with Gasteiger partial charge >= 0.3 is 24.1 Å². The number of amides is 14. The molecule has 22 nitrogen and oxygen atoms in total. The van der Waals surface area contributed by atoms with Crippen LogP contribution in [0.4, 0.5) is 19.2 Å². The minimum atomic E-state index is -1.65. The molecule has 14 amide bonds. The minimum Gasteiger partial charge on any atom is -0.497 e. The average molecular weight is 987 g/mol. The summed E-state index contributed by atoms with van der Waals surface area (Å²) in [6.07, 6.45) is 0.993. The molecule has 4 fully saturated rings. The number of hydrogen-bond donors (Lipinski definition) is 8. The smallest absolute Gasteiger partial charge is 0.323 e. The Morgan fingerprint density at radius 1 is 0.521 bits per heavy atom. The highest BCUT2D eigenvalue weighted by Gasteiger charge is 2.52. The lowest BCUT2D eigenvalue weighted by molar-refractivity contribution is -0.124. The number of fused-ring (bicyclic) bond motifs is 4. The molecule has 1 spiro atoms. The van der Waals surface area contributed by atoms with Gasteiger partial charge in [-0.2, -0.15) is 0 Å². The second-order valence-electron chi connectivity index (χ2n) is 18.3. The molecule has 0 aromatic heterocycles. The molecule has 11 rings (SSSR count). The molecule has 368 valence electrons. The van der Waals surface area contributed by atoms with Crippen LogP contribution in [0.2, 0.25) is 0 Å². The van der Waals surface area contributed by atoms with Crippen LogP contribution in [0.1, 0.15) is 73.0 Å². The monoisotopic (exact) mass is 986 g/mol. The second-order valence-corrected chi connectivity index (χ2v) is 18.3. The number of carbonyl (C=O) groups is 10. The van der Waals surface area contributed by atoms with Gasteiger partial charge in [0.2, 0.25) is 11.1 Å². The summed E-state index contributed by atoms with van der Waals surface area (Å²) in [5.74, 6) is 9.94. The first-order valence-corrected chi connectivity index (χ1v) is 22.6. The molecule has 8 N–H and O–H groups in total. The summed E-state index contributed by atoms with van der Waals surface area (Å²) in [6, 6.07) is 19.7.